The second-order valence-electron chi connectivity index (χ2n) is 8.55. The summed E-state index contributed by atoms with van der Waals surface area (Å²) in [5.41, 5.74) is 2.89. The van der Waals surface area contributed by atoms with Crippen LogP contribution in [0.4, 0.5) is 5.69 Å². The summed E-state index contributed by atoms with van der Waals surface area (Å²) in [7, 11) is 0. The Morgan fingerprint density at radius 2 is 2.04 bits per heavy atom. The molecule has 1 aromatic carbocycles. The fourth-order valence-electron chi connectivity index (χ4n) is 4.52. The monoisotopic (exact) mass is 387 g/mol. The number of likely N-dealkylation sites (tertiary alicyclic amines) is 1. The van der Waals surface area contributed by atoms with Gasteiger partial charge in [-0.05, 0) is 51.7 Å². The van der Waals surface area contributed by atoms with Gasteiger partial charge in [-0.15, -0.1) is 0 Å². The molecule has 0 radical (unpaired) electrons. The Hall–Kier alpha value is -1.79. The molecule has 0 spiro atoms. The minimum Gasteiger partial charge on any atom is -0.492 e. The number of anilines is 1. The Labute approximate surface area is 168 Å². The predicted molar refractivity (Wildman–Crippen MR) is 110 cm³/mol. The van der Waals surface area contributed by atoms with Gasteiger partial charge in [0, 0.05) is 56.0 Å². The van der Waals surface area contributed by atoms with Gasteiger partial charge in [0.15, 0.2) is 0 Å². The zero-order valence-corrected chi connectivity index (χ0v) is 17.1. The Kier molecular flexibility index (Phi) is 6.07. The molecule has 1 atom stereocenters. The second kappa shape index (κ2) is 8.70. The van der Waals surface area contributed by atoms with E-state index in [1.807, 2.05) is 12.1 Å². The highest BCUT2D eigenvalue weighted by molar-refractivity contribution is 5.98. The SMILES string of the molecule is CC(C)Nc1ccc(C(=O)NC2CCN(CC3CCCO3)CC2)c2c1CCO2. The van der Waals surface area contributed by atoms with Gasteiger partial charge in [-0.3, -0.25) is 4.79 Å². The lowest BCUT2D eigenvalue weighted by Gasteiger charge is -2.33. The summed E-state index contributed by atoms with van der Waals surface area (Å²) in [5, 5.41) is 6.70. The molecule has 0 bridgehead atoms. The molecule has 0 saturated carbocycles. The van der Waals surface area contributed by atoms with Gasteiger partial charge < -0.3 is 25.0 Å². The molecule has 6 heteroatoms. The van der Waals surface area contributed by atoms with Crippen molar-refractivity contribution >= 4 is 11.6 Å². The number of nitrogens with one attached hydrogen (secondary N) is 2. The zero-order valence-electron chi connectivity index (χ0n) is 17.1. The number of benzene rings is 1. The Morgan fingerprint density at radius 1 is 1.21 bits per heavy atom. The molecule has 2 saturated heterocycles. The number of carbonyl (C=O) groups excluding carboxylic acids is 1. The zero-order chi connectivity index (χ0) is 19.5. The normalized spacial score (nSPS) is 22.9. The smallest absolute Gasteiger partial charge is 0.255 e. The van der Waals surface area contributed by atoms with E-state index in [-0.39, 0.29) is 11.9 Å². The predicted octanol–water partition coefficient (Wildman–Crippen LogP) is 2.82. The average Bonchev–Trinajstić information content (AvgIpc) is 3.35. The number of amides is 1. The van der Waals surface area contributed by atoms with Crippen LogP contribution in [0, 0.1) is 0 Å². The molecule has 1 unspecified atom stereocenters. The van der Waals surface area contributed by atoms with Crippen LogP contribution < -0.4 is 15.4 Å². The maximum atomic E-state index is 12.9. The number of ether oxygens (including phenoxy) is 2. The first-order chi connectivity index (χ1) is 13.6. The summed E-state index contributed by atoms with van der Waals surface area (Å²) in [6.07, 6.45) is 5.62. The van der Waals surface area contributed by atoms with Crippen LogP contribution in [0.2, 0.25) is 0 Å². The summed E-state index contributed by atoms with van der Waals surface area (Å²) < 4.78 is 11.6. The van der Waals surface area contributed by atoms with E-state index in [1.54, 1.807) is 0 Å². The number of rotatable bonds is 6. The fourth-order valence-corrected chi connectivity index (χ4v) is 4.52. The van der Waals surface area contributed by atoms with Gasteiger partial charge in [0.05, 0.1) is 18.3 Å². The number of fused-ring (bicyclic) bond motifs is 1. The standard InChI is InChI=1S/C22H33N3O3/c1-15(2)23-20-6-5-19(21-18(20)9-13-28-21)22(26)24-16-7-10-25(11-8-16)14-17-4-3-12-27-17/h5-6,15-17,23H,3-4,7-14H2,1-2H3,(H,24,26). The van der Waals surface area contributed by atoms with E-state index >= 15 is 0 Å². The van der Waals surface area contributed by atoms with Crippen molar-refractivity contribution < 1.29 is 14.3 Å². The number of carbonyl (C=O) groups is 1. The van der Waals surface area contributed by atoms with Crippen LogP contribution in [0.3, 0.4) is 0 Å². The molecule has 1 amide bonds. The van der Waals surface area contributed by atoms with Gasteiger partial charge in [0.1, 0.15) is 5.75 Å². The minimum atomic E-state index is -0.00757. The molecule has 3 aliphatic heterocycles. The van der Waals surface area contributed by atoms with Crippen molar-refractivity contribution in [3.8, 4) is 5.75 Å². The van der Waals surface area contributed by atoms with E-state index in [4.69, 9.17) is 9.47 Å². The van der Waals surface area contributed by atoms with Gasteiger partial charge in [-0.25, -0.2) is 0 Å². The highest BCUT2D eigenvalue weighted by Gasteiger charge is 2.28. The maximum absolute atomic E-state index is 12.9. The summed E-state index contributed by atoms with van der Waals surface area (Å²) in [6, 6.07) is 4.51. The van der Waals surface area contributed by atoms with Crippen LogP contribution in [-0.4, -0.2) is 61.8 Å². The third-order valence-corrected chi connectivity index (χ3v) is 5.96. The molecule has 0 aromatic heterocycles. The second-order valence-corrected chi connectivity index (χ2v) is 8.55. The lowest BCUT2D eigenvalue weighted by atomic mass is 10.0. The van der Waals surface area contributed by atoms with Crippen molar-refractivity contribution in [3.05, 3.63) is 23.3 Å². The number of piperidine rings is 1. The van der Waals surface area contributed by atoms with Crippen LogP contribution in [0.15, 0.2) is 12.1 Å². The van der Waals surface area contributed by atoms with E-state index < -0.39 is 0 Å². The summed E-state index contributed by atoms with van der Waals surface area (Å²) >= 11 is 0. The molecule has 2 fully saturated rings. The van der Waals surface area contributed by atoms with Crippen LogP contribution in [0.1, 0.15) is 55.5 Å². The largest absolute Gasteiger partial charge is 0.492 e. The van der Waals surface area contributed by atoms with Crippen molar-refractivity contribution in [3.63, 3.8) is 0 Å². The minimum absolute atomic E-state index is 0.00757. The molecule has 1 aromatic rings. The lowest BCUT2D eigenvalue weighted by Crippen LogP contribution is -2.46. The van der Waals surface area contributed by atoms with Gasteiger partial charge in [-0.2, -0.15) is 0 Å². The van der Waals surface area contributed by atoms with Crippen LogP contribution in [-0.2, 0) is 11.2 Å². The molecule has 4 rings (SSSR count). The number of hydrogen-bond donors (Lipinski definition) is 2. The van der Waals surface area contributed by atoms with Crippen molar-refractivity contribution in [1.82, 2.24) is 10.2 Å². The quantitative estimate of drug-likeness (QED) is 0.786. The summed E-state index contributed by atoms with van der Waals surface area (Å²) in [5.74, 6) is 0.755. The van der Waals surface area contributed by atoms with Crippen molar-refractivity contribution in [2.24, 2.45) is 0 Å². The Balaban J connectivity index is 1.34. The third-order valence-electron chi connectivity index (χ3n) is 5.96. The van der Waals surface area contributed by atoms with Crippen molar-refractivity contribution in [1.29, 1.82) is 0 Å². The number of nitrogens with zero attached hydrogens (tertiary/aromatic N) is 1. The average molecular weight is 388 g/mol. The Bertz CT molecular complexity index is 693. The molecule has 3 aliphatic rings. The van der Waals surface area contributed by atoms with E-state index in [2.05, 4.69) is 29.4 Å². The van der Waals surface area contributed by atoms with Crippen molar-refractivity contribution in [2.45, 2.75) is 64.1 Å². The van der Waals surface area contributed by atoms with Gasteiger partial charge in [-0.1, -0.05) is 0 Å². The number of hydrogen-bond acceptors (Lipinski definition) is 5. The van der Waals surface area contributed by atoms with Crippen LogP contribution in [0.25, 0.3) is 0 Å². The van der Waals surface area contributed by atoms with Crippen LogP contribution in [0.5, 0.6) is 5.75 Å². The van der Waals surface area contributed by atoms with Gasteiger partial charge in [0.25, 0.3) is 5.91 Å². The fraction of sp³-hybridized carbons (Fsp3) is 0.682. The molecular formula is C22H33N3O3. The molecule has 6 nitrogen and oxygen atoms in total. The molecule has 3 heterocycles. The highest BCUT2D eigenvalue weighted by atomic mass is 16.5. The highest BCUT2D eigenvalue weighted by Crippen LogP contribution is 2.36. The van der Waals surface area contributed by atoms with E-state index in [0.29, 0.717) is 24.3 Å². The first-order valence-corrected chi connectivity index (χ1v) is 10.8. The topological polar surface area (TPSA) is 62.8 Å². The van der Waals surface area contributed by atoms with Gasteiger partial charge >= 0.3 is 0 Å². The van der Waals surface area contributed by atoms with Gasteiger partial charge in [0.2, 0.25) is 0 Å². The van der Waals surface area contributed by atoms with E-state index in [9.17, 15) is 4.79 Å². The van der Waals surface area contributed by atoms with E-state index in [1.165, 1.54) is 12.8 Å². The first-order valence-electron chi connectivity index (χ1n) is 10.8. The lowest BCUT2D eigenvalue weighted by molar-refractivity contribution is 0.0612. The van der Waals surface area contributed by atoms with Crippen molar-refractivity contribution in [2.75, 3.05) is 38.2 Å². The summed E-state index contributed by atoms with van der Waals surface area (Å²) in [4.78, 5) is 15.4. The van der Waals surface area contributed by atoms with E-state index in [0.717, 1.165) is 62.5 Å². The Morgan fingerprint density at radius 3 is 2.75 bits per heavy atom. The maximum Gasteiger partial charge on any atom is 0.255 e. The van der Waals surface area contributed by atoms with Crippen LogP contribution >= 0.6 is 0 Å². The molecule has 28 heavy (non-hydrogen) atoms. The first kappa shape index (κ1) is 19.5. The molecule has 0 aliphatic carbocycles. The molecule has 154 valence electrons. The molecular weight excluding hydrogens is 354 g/mol. The molecule has 2 N–H and O–H groups in total. The third kappa shape index (κ3) is 4.44. The summed E-state index contributed by atoms with van der Waals surface area (Å²) in [6.45, 7) is 8.88.